The van der Waals surface area contributed by atoms with Crippen molar-refractivity contribution in [2.75, 3.05) is 26.7 Å². The van der Waals surface area contributed by atoms with Gasteiger partial charge in [-0.05, 0) is 43.6 Å². The number of hydrogen-bond donors (Lipinski definition) is 1. The minimum absolute atomic E-state index is 0.112. The fourth-order valence-corrected chi connectivity index (χ4v) is 4.94. The van der Waals surface area contributed by atoms with Crippen molar-refractivity contribution in [3.05, 3.63) is 56.9 Å². The van der Waals surface area contributed by atoms with Gasteiger partial charge in [0, 0.05) is 32.9 Å². The molecular weight excluding hydrogens is 408 g/mol. The molecule has 2 aromatic rings. The Hall–Kier alpha value is -2.43. The summed E-state index contributed by atoms with van der Waals surface area (Å²) in [4.78, 5) is 26.1. The number of aryl methyl sites for hydroxylation is 1. The first-order chi connectivity index (χ1) is 14.2. The van der Waals surface area contributed by atoms with E-state index < -0.39 is 26.2 Å². The van der Waals surface area contributed by atoms with Crippen LogP contribution in [-0.2, 0) is 24.1 Å². The highest BCUT2D eigenvalue weighted by atomic mass is 32.2. The van der Waals surface area contributed by atoms with Gasteiger partial charge in [-0.15, -0.1) is 0 Å². The second-order valence-corrected chi connectivity index (χ2v) is 9.22. The summed E-state index contributed by atoms with van der Waals surface area (Å²) in [5.41, 5.74) is -0.457. The van der Waals surface area contributed by atoms with Crippen LogP contribution in [0.5, 0.6) is 5.75 Å². The molecule has 1 saturated heterocycles. The summed E-state index contributed by atoms with van der Waals surface area (Å²) in [7, 11) is 0.167. The van der Waals surface area contributed by atoms with Crippen LogP contribution in [0.2, 0.25) is 0 Å². The summed E-state index contributed by atoms with van der Waals surface area (Å²) in [5, 5.41) is 0. The van der Waals surface area contributed by atoms with Crippen LogP contribution in [0.3, 0.4) is 0 Å². The Morgan fingerprint density at radius 2 is 1.70 bits per heavy atom. The molecule has 1 aliphatic heterocycles. The molecule has 1 aliphatic rings. The maximum absolute atomic E-state index is 12.9. The molecular formula is C20H28N4O5S. The minimum atomic E-state index is -4.10. The zero-order valence-electron chi connectivity index (χ0n) is 17.5. The van der Waals surface area contributed by atoms with Crippen LogP contribution in [0.4, 0.5) is 0 Å². The number of benzene rings is 1. The third-order valence-electron chi connectivity index (χ3n) is 5.50. The van der Waals surface area contributed by atoms with Gasteiger partial charge in [0.1, 0.15) is 5.75 Å². The van der Waals surface area contributed by atoms with Gasteiger partial charge in [-0.2, -0.15) is 0 Å². The summed E-state index contributed by atoms with van der Waals surface area (Å²) >= 11 is 0. The lowest BCUT2D eigenvalue weighted by molar-refractivity contribution is 0.164. The summed E-state index contributed by atoms with van der Waals surface area (Å²) in [5.74, 6) is 0.727. The zero-order valence-corrected chi connectivity index (χ0v) is 18.3. The number of likely N-dealkylation sites (tertiary alicyclic amines) is 1. The van der Waals surface area contributed by atoms with E-state index in [4.69, 9.17) is 4.74 Å². The Morgan fingerprint density at radius 3 is 2.30 bits per heavy atom. The average Bonchev–Trinajstić information content (AvgIpc) is 2.76. The molecule has 0 saturated carbocycles. The first-order valence-corrected chi connectivity index (χ1v) is 11.4. The van der Waals surface area contributed by atoms with Gasteiger partial charge in [0.2, 0.25) is 10.0 Å². The van der Waals surface area contributed by atoms with Crippen LogP contribution in [-0.4, -0.2) is 49.2 Å². The highest BCUT2D eigenvalue weighted by Gasteiger charge is 2.27. The van der Waals surface area contributed by atoms with E-state index in [-0.39, 0.29) is 12.6 Å². The molecule has 0 bridgehead atoms. The molecule has 1 atom stereocenters. The van der Waals surface area contributed by atoms with E-state index in [2.05, 4.69) is 9.62 Å². The van der Waals surface area contributed by atoms with Gasteiger partial charge < -0.3 is 9.30 Å². The fraction of sp³-hybridized carbons (Fsp3) is 0.500. The van der Waals surface area contributed by atoms with Crippen LogP contribution in [0.25, 0.3) is 0 Å². The van der Waals surface area contributed by atoms with E-state index >= 15 is 0 Å². The molecule has 3 rings (SSSR count). The van der Waals surface area contributed by atoms with E-state index in [1.54, 1.807) is 7.11 Å². The predicted octanol–water partition coefficient (Wildman–Crippen LogP) is 0.598. The Kier molecular flexibility index (Phi) is 6.79. The van der Waals surface area contributed by atoms with Gasteiger partial charge in [0.05, 0.1) is 7.11 Å². The number of aromatic nitrogens is 2. The number of hydrogen-bond acceptors (Lipinski definition) is 6. The van der Waals surface area contributed by atoms with Gasteiger partial charge in [0.15, 0.2) is 4.90 Å². The van der Waals surface area contributed by atoms with Crippen molar-refractivity contribution < 1.29 is 13.2 Å². The van der Waals surface area contributed by atoms with Crippen molar-refractivity contribution in [3.63, 3.8) is 0 Å². The van der Waals surface area contributed by atoms with Gasteiger partial charge in [-0.25, -0.2) is 17.9 Å². The van der Waals surface area contributed by atoms with E-state index in [1.165, 1.54) is 14.1 Å². The fourth-order valence-electron chi connectivity index (χ4n) is 3.74. The van der Waals surface area contributed by atoms with Crippen molar-refractivity contribution in [2.24, 2.45) is 14.1 Å². The smallest absolute Gasteiger partial charge is 0.330 e. The number of methoxy groups -OCH3 is 1. The summed E-state index contributed by atoms with van der Waals surface area (Å²) in [6, 6.07) is 7.38. The number of piperidine rings is 1. The van der Waals surface area contributed by atoms with Crippen LogP contribution >= 0.6 is 0 Å². The standard InChI is InChI=1S/C20H28N4O5S/c1-22-14-18(19(25)23(2)20(22)26)30(27,28)21-13-17(24-11-5-4-6-12-24)15-7-9-16(29-3)10-8-15/h7-10,14,17,21H,4-6,11-13H2,1-3H3. The van der Waals surface area contributed by atoms with E-state index in [0.717, 1.165) is 59.0 Å². The van der Waals surface area contributed by atoms with Crippen molar-refractivity contribution in [1.82, 2.24) is 18.8 Å². The van der Waals surface area contributed by atoms with Crippen molar-refractivity contribution in [3.8, 4) is 5.75 Å². The molecule has 30 heavy (non-hydrogen) atoms. The van der Waals surface area contributed by atoms with Gasteiger partial charge in [-0.1, -0.05) is 18.6 Å². The Labute approximate surface area is 175 Å². The normalized spacial score (nSPS) is 16.4. The lowest BCUT2D eigenvalue weighted by Crippen LogP contribution is -2.44. The Balaban J connectivity index is 1.89. The Bertz CT molecular complexity index is 1100. The van der Waals surface area contributed by atoms with Gasteiger partial charge in [-0.3, -0.25) is 14.3 Å². The summed E-state index contributed by atoms with van der Waals surface area (Å²) in [6.07, 6.45) is 4.34. The average molecular weight is 437 g/mol. The van der Waals surface area contributed by atoms with Crippen LogP contribution in [0.15, 0.2) is 44.9 Å². The van der Waals surface area contributed by atoms with E-state index in [9.17, 15) is 18.0 Å². The monoisotopic (exact) mass is 436 g/mol. The van der Waals surface area contributed by atoms with Gasteiger partial charge in [0.25, 0.3) is 5.56 Å². The highest BCUT2D eigenvalue weighted by Crippen LogP contribution is 2.26. The molecule has 1 unspecified atom stereocenters. The lowest BCUT2D eigenvalue weighted by Gasteiger charge is -2.35. The third-order valence-corrected chi connectivity index (χ3v) is 6.91. The summed E-state index contributed by atoms with van der Waals surface area (Å²) in [6.45, 7) is 1.86. The number of nitrogens with one attached hydrogen (secondary N) is 1. The van der Waals surface area contributed by atoms with E-state index in [1.807, 2.05) is 24.3 Å². The summed E-state index contributed by atoms with van der Waals surface area (Å²) < 4.78 is 35.5. The molecule has 1 aromatic carbocycles. The first-order valence-electron chi connectivity index (χ1n) is 9.89. The molecule has 0 spiro atoms. The molecule has 1 N–H and O–H groups in total. The second kappa shape index (κ2) is 9.15. The molecule has 1 aromatic heterocycles. The molecule has 0 aliphatic carbocycles. The molecule has 9 nitrogen and oxygen atoms in total. The minimum Gasteiger partial charge on any atom is -0.497 e. The maximum atomic E-state index is 12.9. The SMILES string of the molecule is COc1ccc(C(CNS(=O)(=O)c2cn(C)c(=O)n(C)c2=O)N2CCCCC2)cc1. The zero-order chi connectivity index (χ0) is 21.9. The second-order valence-electron chi connectivity index (χ2n) is 7.49. The lowest BCUT2D eigenvalue weighted by atomic mass is 10.0. The van der Waals surface area contributed by atoms with Gasteiger partial charge >= 0.3 is 5.69 Å². The van der Waals surface area contributed by atoms with Crippen LogP contribution in [0, 0.1) is 0 Å². The predicted molar refractivity (Wildman–Crippen MR) is 113 cm³/mol. The molecule has 0 amide bonds. The third kappa shape index (κ3) is 4.66. The number of nitrogens with zero attached hydrogens (tertiary/aromatic N) is 3. The quantitative estimate of drug-likeness (QED) is 0.682. The number of ether oxygens (including phenoxy) is 1. The number of rotatable bonds is 7. The molecule has 10 heteroatoms. The van der Waals surface area contributed by atoms with Crippen molar-refractivity contribution in [1.29, 1.82) is 0 Å². The largest absolute Gasteiger partial charge is 0.497 e. The highest BCUT2D eigenvalue weighted by molar-refractivity contribution is 7.89. The maximum Gasteiger partial charge on any atom is 0.330 e. The topological polar surface area (TPSA) is 103 Å². The van der Waals surface area contributed by atoms with Crippen molar-refractivity contribution >= 4 is 10.0 Å². The molecule has 1 fully saturated rings. The van der Waals surface area contributed by atoms with E-state index in [0.29, 0.717) is 0 Å². The Morgan fingerprint density at radius 1 is 1.07 bits per heavy atom. The molecule has 0 radical (unpaired) electrons. The molecule has 164 valence electrons. The van der Waals surface area contributed by atoms with Crippen LogP contribution in [0.1, 0.15) is 30.9 Å². The van der Waals surface area contributed by atoms with Crippen molar-refractivity contribution in [2.45, 2.75) is 30.2 Å². The molecule has 2 heterocycles. The first kappa shape index (κ1) is 22.3. The van der Waals surface area contributed by atoms with Crippen LogP contribution < -0.4 is 20.7 Å². The number of sulfonamides is 1.